The van der Waals surface area contributed by atoms with Gasteiger partial charge in [0.05, 0.1) is 7.85 Å². The molecule has 2 radical (unpaired) electrons. The average Bonchev–Trinajstić information content (AvgIpc) is 3.11. The summed E-state index contributed by atoms with van der Waals surface area (Å²) in [6.45, 7) is 9.27. The SMILES string of the molecule is [B]C1CC1C1(CC)C=CC=CC=C1C(C)C1C=CC(C(C)C)=C1. The van der Waals surface area contributed by atoms with Gasteiger partial charge in [0.1, 0.15) is 0 Å². The third kappa shape index (κ3) is 2.95. The quantitative estimate of drug-likeness (QED) is 0.562. The molecule has 0 N–H and O–H groups in total. The van der Waals surface area contributed by atoms with Crippen LogP contribution in [0.5, 0.6) is 0 Å². The maximum absolute atomic E-state index is 6.28. The lowest BCUT2D eigenvalue weighted by Crippen LogP contribution is -2.29. The van der Waals surface area contributed by atoms with Crippen LogP contribution in [0.1, 0.15) is 40.5 Å². The summed E-state index contributed by atoms with van der Waals surface area (Å²) < 4.78 is 0. The van der Waals surface area contributed by atoms with Crippen molar-refractivity contribution in [3.05, 3.63) is 59.8 Å². The third-order valence-corrected chi connectivity index (χ3v) is 6.15. The molecule has 3 aliphatic rings. The van der Waals surface area contributed by atoms with Gasteiger partial charge in [-0.2, -0.15) is 0 Å². The molecule has 0 aromatic carbocycles. The van der Waals surface area contributed by atoms with Gasteiger partial charge in [0, 0.05) is 11.3 Å². The number of hydrogen-bond donors (Lipinski definition) is 0. The van der Waals surface area contributed by atoms with Gasteiger partial charge in [0.2, 0.25) is 0 Å². The van der Waals surface area contributed by atoms with Crippen molar-refractivity contribution in [3.63, 3.8) is 0 Å². The van der Waals surface area contributed by atoms with E-state index in [1.807, 2.05) is 0 Å². The Kier molecular flexibility index (Phi) is 4.58. The Morgan fingerprint density at radius 2 is 1.96 bits per heavy atom. The lowest BCUT2D eigenvalue weighted by Gasteiger charge is -2.38. The van der Waals surface area contributed by atoms with Crippen LogP contribution in [0.25, 0.3) is 0 Å². The molecule has 1 saturated carbocycles. The van der Waals surface area contributed by atoms with Crippen molar-refractivity contribution in [3.8, 4) is 0 Å². The molecule has 5 atom stereocenters. The molecule has 3 rings (SSSR count). The highest BCUT2D eigenvalue weighted by Crippen LogP contribution is 2.61. The van der Waals surface area contributed by atoms with Crippen LogP contribution < -0.4 is 0 Å². The zero-order chi connectivity index (χ0) is 16.6. The zero-order valence-corrected chi connectivity index (χ0v) is 15.0. The van der Waals surface area contributed by atoms with Crippen LogP contribution in [0.15, 0.2) is 59.8 Å². The fourth-order valence-electron chi connectivity index (χ4n) is 4.47. The van der Waals surface area contributed by atoms with E-state index in [0.29, 0.717) is 29.5 Å². The summed E-state index contributed by atoms with van der Waals surface area (Å²) >= 11 is 0. The van der Waals surface area contributed by atoms with Gasteiger partial charge in [0.15, 0.2) is 0 Å². The van der Waals surface area contributed by atoms with Crippen molar-refractivity contribution >= 4 is 7.85 Å². The molecule has 5 unspecified atom stereocenters. The van der Waals surface area contributed by atoms with E-state index >= 15 is 0 Å². The molecule has 3 aliphatic carbocycles. The fourth-order valence-corrected chi connectivity index (χ4v) is 4.47. The number of rotatable bonds is 5. The van der Waals surface area contributed by atoms with Gasteiger partial charge in [-0.15, -0.1) is 0 Å². The standard InChI is InChI=1S/C22H29B/c1-5-22(20-14-21(20)23)12-8-6-7-9-19(22)16(4)18-11-10-17(13-18)15(2)3/h6-13,15-16,18,20-21H,5,14H2,1-4H3. The highest BCUT2D eigenvalue weighted by molar-refractivity contribution is 6.14. The fraction of sp³-hybridized carbons (Fsp3) is 0.545. The molecule has 1 heteroatoms. The molecule has 0 bridgehead atoms. The van der Waals surface area contributed by atoms with Gasteiger partial charge < -0.3 is 0 Å². The van der Waals surface area contributed by atoms with E-state index in [1.165, 1.54) is 5.57 Å². The van der Waals surface area contributed by atoms with Crippen LogP contribution in [0.3, 0.4) is 0 Å². The van der Waals surface area contributed by atoms with Crippen LogP contribution in [0.4, 0.5) is 0 Å². The lowest BCUT2D eigenvalue weighted by atomic mass is 9.65. The summed E-state index contributed by atoms with van der Waals surface area (Å²) in [4.78, 5) is 0. The molecule has 0 nitrogen and oxygen atoms in total. The van der Waals surface area contributed by atoms with Gasteiger partial charge >= 0.3 is 0 Å². The summed E-state index contributed by atoms with van der Waals surface area (Å²) in [5, 5.41) is 0. The van der Waals surface area contributed by atoms with Gasteiger partial charge in [0.25, 0.3) is 0 Å². The van der Waals surface area contributed by atoms with Crippen LogP contribution in [-0.2, 0) is 0 Å². The lowest BCUT2D eigenvalue weighted by molar-refractivity contribution is 0.331. The van der Waals surface area contributed by atoms with Crippen molar-refractivity contribution < 1.29 is 0 Å². The van der Waals surface area contributed by atoms with Crippen LogP contribution in [-0.4, -0.2) is 7.85 Å². The Morgan fingerprint density at radius 3 is 2.52 bits per heavy atom. The molecule has 0 aromatic rings. The van der Waals surface area contributed by atoms with Crippen molar-refractivity contribution in [2.75, 3.05) is 0 Å². The number of hydrogen-bond acceptors (Lipinski definition) is 0. The second kappa shape index (κ2) is 6.34. The predicted octanol–water partition coefficient (Wildman–Crippen LogP) is 5.82. The minimum atomic E-state index is 0.143. The highest BCUT2D eigenvalue weighted by Gasteiger charge is 2.50. The summed E-state index contributed by atoms with van der Waals surface area (Å²) in [5.41, 5.74) is 3.19. The van der Waals surface area contributed by atoms with Crippen molar-refractivity contribution in [2.24, 2.45) is 29.1 Å². The van der Waals surface area contributed by atoms with Crippen LogP contribution in [0, 0.1) is 29.1 Å². The van der Waals surface area contributed by atoms with E-state index in [0.717, 1.165) is 12.8 Å². The minimum Gasteiger partial charge on any atom is -0.0767 e. The van der Waals surface area contributed by atoms with Gasteiger partial charge in [-0.1, -0.05) is 94.1 Å². The first-order chi connectivity index (χ1) is 11.0. The average molecular weight is 304 g/mol. The number of allylic oxidation sites excluding steroid dienone is 10. The monoisotopic (exact) mass is 304 g/mol. The summed E-state index contributed by atoms with van der Waals surface area (Å²) in [5.74, 6) is 2.62. The molecular weight excluding hydrogens is 275 g/mol. The molecule has 0 amide bonds. The van der Waals surface area contributed by atoms with E-state index in [1.54, 1.807) is 5.57 Å². The zero-order valence-electron chi connectivity index (χ0n) is 15.0. The second-order valence-electron chi connectivity index (χ2n) is 7.81. The van der Waals surface area contributed by atoms with Gasteiger partial charge in [-0.05, 0) is 29.7 Å². The first-order valence-corrected chi connectivity index (χ1v) is 9.21. The first-order valence-electron chi connectivity index (χ1n) is 9.21. The molecule has 23 heavy (non-hydrogen) atoms. The Morgan fingerprint density at radius 1 is 1.22 bits per heavy atom. The molecule has 0 heterocycles. The van der Waals surface area contributed by atoms with Crippen molar-refractivity contribution in [2.45, 2.75) is 46.4 Å². The van der Waals surface area contributed by atoms with Crippen molar-refractivity contribution in [1.29, 1.82) is 0 Å². The molecular formula is C22H29B. The molecule has 0 spiro atoms. The smallest absolute Gasteiger partial charge is 0.0704 e. The van der Waals surface area contributed by atoms with Gasteiger partial charge in [-0.3, -0.25) is 0 Å². The van der Waals surface area contributed by atoms with Crippen LogP contribution >= 0.6 is 0 Å². The minimum absolute atomic E-state index is 0.143. The maximum Gasteiger partial charge on any atom is 0.0704 e. The summed E-state index contributed by atoms with van der Waals surface area (Å²) in [6.07, 6.45) is 20.9. The van der Waals surface area contributed by atoms with E-state index in [-0.39, 0.29) is 5.41 Å². The topological polar surface area (TPSA) is 0 Å². The predicted molar refractivity (Wildman–Crippen MR) is 101 cm³/mol. The van der Waals surface area contributed by atoms with E-state index in [4.69, 9.17) is 7.85 Å². The van der Waals surface area contributed by atoms with E-state index in [9.17, 15) is 0 Å². The summed E-state index contributed by atoms with van der Waals surface area (Å²) in [6, 6.07) is 0. The third-order valence-electron chi connectivity index (χ3n) is 6.15. The van der Waals surface area contributed by atoms with Crippen LogP contribution in [0.2, 0.25) is 5.82 Å². The first kappa shape index (κ1) is 16.6. The highest BCUT2D eigenvalue weighted by atomic mass is 14.5. The molecule has 0 aliphatic heterocycles. The Balaban J connectivity index is 1.92. The van der Waals surface area contributed by atoms with Gasteiger partial charge in [-0.25, -0.2) is 0 Å². The largest absolute Gasteiger partial charge is 0.0767 e. The molecule has 0 aromatic heterocycles. The normalized spacial score (nSPS) is 36.8. The Labute approximate surface area is 143 Å². The summed E-state index contributed by atoms with van der Waals surface area (Å²) in [7, 11) is 6.28. The molecule has 1 fully saturated rings. The van der Waals surface area contributed by atoms with E-state index in [2.05, 4.69) is 76.3 Å². The second-order valence-corrected chi connectivity index (χ2v) is 7.81. The molecule has 0 saturated heterocycles. The van der Waals surface area contributed by atoms with E-state index < -0.39 is 0 Å². The Hall–Kier alpha value is -1.24. The Bertz CT molecular complexity index is 601. The molecule has 120 valence electrons. The van der Waals surface area contributed by atoms with Crippen molar-refractivity contribution in [1.82, 2.24) is 0 Å². The maximum atomic E-state index is 6.28.